The number of morpholine rings is 1. The zero-order valence-corrected chi connectivity index (χ0v) is 12.2. The summed E-state index contributed by atoms with van der Waals surface area (Å²) in [5, 5.41) is 2.43. The summed E-state index contributed by atoms with van der Waals surface area (Å²) in [5.74, 6) is 0.369. The monoisotopic (exact) mass is 284 g/mol. The molecule has 0 aliphatic carbocycles. The van der Waals surface area contributed by atoms with Gasteiger partial charge in [0, 0.05) is 37.5 Å². The number of aromatic nitrogens is 1. The minimum absolute atomic E-state index is 0.130. The fraction of sp³-hybridized carbons (Fsp3) is 0.615. The van der Waals surface area contributed by atoms with E-state index in [1.54, 1.807) is 6.20 Å². The molecule has 0 radical (unpaired) electrons. The summed E-state index contributed by atoms with van der Waals surface area (Å²) < 4.78 is 5.10. The lowest BCUT2D eigenvalue weighted by molar-refractivity contribution is -0.134. The van der Waals surface area contributed by atoms with Gasteiger partial charge in [-0.3, -0.25) is 9.59 Å². The van der Waals surface area contributed by atoms with Crippen LogP contribution in [-0.4, -0.2) is 47.9 Å². The Kier molecular flexibility index (Phi) is 7.28. The third-order valence-corrected chi connectivity index (χ3v) is 3.47. The predicted molar refractivity (Wildman–Crippen MR) is 74.4 cm³/mol. The average Bonchev–Trinajstić information content (AvgIpc) is 3.01. The molecule has 1 saturated heterocycles. The molecule has 1 amide bonds. The van der Waals surface area contributed by atoms with Gasteiger partial charge in [0.2, 0.25) is 5.91 Å². The van der Waals surface area contributed by atoms with Crippen LogP contribution in [0.3, 0.4) is 0 Å². The highest BCUT2D eigenvalue weighted by molar-refractivity contribution is 7.11. The molecule has 2 heterocycles. The Labute approximate surface area is 117 Å². The van der Waals surface area contributed by atoms with Gasteiger partial charge in [0.25, 0.3) is 0 Å². The highest BCUT2D eigenvalue weighted by Gasteiger charge is 2.13. The molecule has 0 bridgehead atoms. The standard InChI is InChI=1S/C7H13NO2.C6H7NOS/c1-2-7(9)8-3-5-10-6-4-8;1-2-5(8)6-7-3-4-9-6/h2-6H2,1H3;3-4H,2H2,1H3. The Morgan fingerprint density at radius 1 is 1.32 bits per heavy atom. The van der Waals surface area contributed by atoms with Gasteiger partial charge in [-0.2, -0.15) is 0 Å². The van der Waals surface area contributed by atoms with Gasteiger partial charge < -0.3 is 9.64 Å². The van der Waals surface area contributed by atoms with Crippen LogP contribution in [0.1, 0.15) is 36.5 Å². The van der Waals surface area contributed by atoms with Gasteiger partial charge in [0.15, 0.2) is 10.8 Å². The second-order valence-electron chi connectivity index (χ2n) is 3.96. The first-order valence-electron chi connectivity index (χ1n) is 6.47. The molecule has 5 nitrogen and oxygen atoms in total. The number of nitrogens with zero attached hydrogens (tertiary/aromatic N) is 2. The molecule has 1 aromatic rings. The Bertz CT molecular complexity index is 387. The molecule has 0 atom stereocenters. The molecule has 1 fully saturated rings. The van der Waals surface area contributed by atoms with E-state index in [0.29, 0.717) is 31.1 Å². The first-order valence-corrected chi connectivity index (χ1v) is 7.35. The van der Waals surface area contributed by atoms with Crippen molar-refractivity contribution in [3.63, 3.8) is 0 Å². The molecular weight excluding hydrogens is 264 g/mol. The molecular formula is C13H20N2O3S. The van der Waals surface area contributed by atoms with Crippen molar-refractivity contribution >= 4 is 23.0 Å². The second kappa shape index (κ2) is 8.77. The summed E-state index contributed by atoms with van der Waals surface area (Å²) in [4.78, 5) is 27.6. The quantitative estimate of drug-likeness (QED) is 0.796. The minimum atomic E-state index is 0.130. The van der Waals surface area contributed by atoms with Gasteiger partial charge in [-0.15, -0.1) is 11.3 Å². The summed E-state index contributed by atoms with van der Waals surface area (Å²) in [7, 11) is 0. The van der Waals surface area contributed by atoms with E-state index < -0.39 is 0 Å². The summed E-state index contributed by atoms with van der Waals surface area (Å²) in [6.45, 7) is 6.67. The number of carbonyl (C=O) groups is 2. The highest BCUT2D eigenvalue weighted by atomic mass is 32.1. The van der Waals surface area contributed by atoms with Crippen molar-refractivity contribution in [2.75, 3.05) is 26.3 Å². The van der Waals surface area contributed by atoms with Crippen molar-refractivity contribution < 1.29 is 14.3 Å². The van der Waals surface area contributed by atoms with Gasteiger partial charge in [-0.05, 0) is 0 Å². The summed E-state index contributed by atoms with van der Waals surface area (Å²) in [5.41, 5.74) is 0. The van der Waals surface area contributed by atoms with Crippen LogP contribution < -0.4 is 0 Å². The Morgan fingerprint density at radius 3 is 2.47 bits per heavy atom. The summed E-state index contributed by atoms with van der Waals surface area (Å²) in [6.07, 6.45) is 2.81. The molecule has 0 spiro atoms. The van der Waals surface area contributed by atoms with Crippen LogP contribution in [0.15, 0.2) is 11.6 Å². The van der Waals surface area contributed by atoms with E-state index in [4.69, 9.17) is 4.74 Å². The van der Waals surface area contributed by atoms with Gasteiger partial charge in [0.1, 0.15) is 0 Å². The van der Waals surface area contributed by atoms with E-state index in [0.717, 1.165) is 13.1 Å². The van der Waals surface area contributed by atoms with Gasteiger partial charge in [0.05, 0.1) is 13.2 Å². The van der Waals surface area contributed by atoms with Crippen LogP contribution in [0, 0.1) is 0 Å². The smallest absolute Gasteiger partial charge is 0.222 e. The van der Waals surface area contributed by atoms with E-state index in [9.17, 15) is 9.59 Å². The van der Waals surface area contributed by atoms with E-state index >= 15 is 0 Å². The maximum Gasteiger partial charge on any atom is 0.222 e. The van der Waals surface area contributed by atoms with Crippen LogP contribution in [0.4, 0.5) is 0 Å². The maximum atomic E-state index is 11.0. The van der Waals surface area contributed by atoms with Gasteiger partial charge in [-0.25, -0.2) is 4.98 Å². The van der Waals surface area contributed by atoms with Crippen molar-refractivity contribution in [2.45, 2.75) is 26.7 Å². The number of Topliss-reactive ketones (excluding diaryl/α,β-unsaturated/α-hetero) is 1. The minimum Gasteiger partial charge on any atom is -0.378 e. The van der Waals surface area contributed by atoms with Crippen molar-refractivity contribution in [3.05, 3.63) is 16.6 Å². The van der Waals surface area contributed by atoms with Crippen LogP contribution in [0.25, 0.3) is 0 Å². The Morgan fingerprint density at radius 2 is 2.00 bits per heavy atom. The molecule has 106 valence electrons. The maximum absolute atomic E-state index is 11.0. The van der Waals surface area contributed by atoms with Crippen LogP contribution in [0.5, 0.6) is 0 Å². The van der Waals surface area contributed by atoms with Crippen molar-refractivity contribution in [2.24, 2.45) is 0 Å². The normalized spacial score (nSPS) is 14.5. The largest absolute Gasteiger partial charge is 0.378 e. The topological polar surface area (TPSA) is 59.5 Å². The molecule has 1 aliphatic heterocycles. The number of ether oxygens (including phenoxy) is 1. The molecule has 19 heavy (non-hydrogen) atoms. The number of amides is 1. The molecule has 0 unspecified atom stereocenters. The SMILES string of the molecule is CCC(=O)N1CCOCC1.CCC(=O)c1nccs1. The fourth-order valence-corrected chi connectivity index (χ4v) is 2.20. The summed E-state index contributed by atoms with van der Waals surface area (Å²) in [6, 6.07) is 0. The lowest BCUT2D eigenvalue weighted by atomic mass is 10.3. The average molecular weight is 284 g/mol. The van der Waals surface area contributed by atoms with E-state index in [1.165, 1.54) is 11.3 Å². The molecule has 0 N–H and O–H groups in total. The second-order valence-corrected chi connectivity index (χ2v) is 4.86. The zero-order valence-electron chi connectivity index (χ0n) is 11.4. The molecule has 0 saturated carbocycles. The predicted octanol–water partition coefficient (Wildman–Crippen LogP) is 1.99. The molecule has 6 heteroatoms. The third-order valence-electron chi connectivity index (χ3n) is 2.66. The van der Waals surface area contributed by atoms with Crippen molar-refractivity contribution in [3.8, 4) is 0 Å². The number of ketones is 1. The van der Waals surface area contributed by atoms with E-state index in [2.05, 4.69) is 4.98 Å². The molecule has 2 rings (SSSR count). The number of hydrogen-bond donors (Lipinski definition) is 0. The van der Waals surface area contributed by atoms with Crippen LogP contribution in [0.2, 0.25) is 0 Å². The lowest BCUT2D eigenvalue weighted by Crippen LogP contribution is -2.40. The molecule has 1 aliphatic rings. The molecule has 1 aromatic heterocycles. The van der Waals surface area contributed by atoms with Crippen molar-refractivity contribution in [1.82, 2.24) is 9.88 Å². The van der Waals surface area contributed by atoms with E-state index in [1.807, 2.05) is 24.1 Å². The van der Waals surface area contributed by atoms with Gasteiger partial charge in [-0.1, -0.05) is 13.8 Å². The lowest BCUT2D eigenvalue weighted by Gasteiger charge is -2.26. The third kappa shape index (κ3) is 5.48. The van der Waals surface area contributed by atoms with E-state index in [-0.39, 0.29) is 11.7 Å². The van der Waals surface area contributed by atoms with Crippen LogP contribution in [-0.2, 0) is 9.53 Å². The first kappa shape index (κ1) is 15.8. The zero-order chi connectivity index (χ0) is 14.1. The van der Waals surface area contributed by atoms with Gasteiger partial charge >= 0.3 is 0 Å². The summed E-state index contributed by atoms with van der Waals surface area (Å²) >= 11 is 1.39. The Balaban J connectivity index is 0.000000191. The highest BCUT2D eigenvalue weighted by Crippen LogP contribution is 2.05. The number of hydrogen-bond acceptors (Lipinski definition) is 5. The molecule has 0 aromatic carbocycles. The van der Waals surface area contributed by atoms with Crippen molar-refractivity contribution in [1.29, 1.82) is 0 Å². The number of thiazole rings is 1. The Hall–Kier alpha value is -1.27. The van der Waals surface area contributed by atoms with Crippen LogP contribution >= 0.6 is 11.3 Å². The fourth-order valence-electron chi connectivity index (χ4n) is 1.55. The first-order chi connectivity index (χ1) is 9.19. The number of rotatable bonds is 3. The number of carbonyl (C=O) groups excluding carboxylic acids is 2.